The third-order valence-electron chi connectivity index (χ3n) is 3.60. The van der Waals surface area contributed by atoms with Crippen molar-refractivity contribution in [1.29, 1.82) is 0 Å². The molecule has 0 aliphatic heterocycles. The zero-order valence-electron chi connectivity index (χ0n) is 14.1. The Morgan fingerprint density at radius 2 is 1.83 bits per heavy atom. The molecule has 2 rings (SSSR count). The monoisotopic (exact) mass is 313 g/mol. The number of rotatable bonds is 7. The average molecular weight is 313 g/mol. The van der Waals surface area contributed by atoms with E-state index in [2.05, 4.69) is 31.5 Å². The molecule has 2 aromatic rings. The second kappa shape index (κ2) is 8.46. The maximum absolute atomic E-state index is 12.4. The van der Waals surface area contributed by atoms with Crippen LogP contribution in [-0.2, 0) is 24.4 Å². The van der Waals surface area contributed by atoms with Crippen molar-refractivity contribution >= 4 is 5.91 Å². The maximum atomic E-state index is 12.4. The molecule has 0 bridgehead atoms. The number of amides is 1. The van der Waals surface area contributed by atoms with Crippen molar-refractivity contribution in [3.63, 3.8) is 0 Å². The number of quaternary nitrogens is 1. The molecule has 4 nitrogen and oxygen atoms in total. The lowest BCUT2D eigenvalue weighted by molar-refractivity contribution is -0.872. The van der Waals surface area contributed by atoms with Crippen LogP contribution >= 0.6 is 0 Å². The lowest BCUT2D eigenvalue weighted by atomic mass is 10.1. The van der Waals surface area contributed by atoms with Crippen molar-refractivity contribution in [3.05, 3.63) is 70.8 Å². The van der Waals surface area contributed by atoms with Gasteiger partial charge in [0.25, 0.3) is 5.91 Å². The first-order valence-corrected chi connectivity index (χ1v) is 7.82. The Morgan fingerprint density at radius 1 is 1.09 bits per heavy atom. The maximum Gasteiger partial charge on any atom is 0.251 e. The highest BCUT2D eigenvalue weighted by atomic mass is 16.5. The van der Waals surface area contributed by atoms with Gasteiger partial charge in [-0.3, -0.25) is 4.79 Å². The predicted octanol–water partition coefficient (Wildman–Crippen LogP) is 1.41. The first kappa shape index (κ1) is 17.2. The van der Waals surface area contributed by atoms with E-state index >= 15 is 0 Å². The van der Waals surface area contributed by atoms with Crippen LogP contribution in [0.15, 0.2) is 48.5 Å². The van der Waals surface area contributed by atoms with E-state index in [-0.39, 0.29) is 5.91 Å². The average Bonchev–Trinajstić information content (AvgIpc) is 2.54. The van der Waals surface area contributed by atoms with Gasteiger partial charge in [-0.2, -0.15) is 0 Å². The van der Waals surface area contributed by atoms with Gasteiger partial charge in [0.1, 0.15) is 6.54 Å². The van der Waals surface area contributed by atoms with E-state index < -0.39 is 0 Å². The Hall–Kier alpha value is -2.17. The van der Waals surface area contributed by atoms with E-state index in [1.54, 1.807) is 7.11 Å². The van der Waals surface area contributed by atoms with Crippen LogP contribution in [0.2, 0.25) is 0 Å². The van der Waals surface area contributed by atoms with Gasteiger partial charge in [-0.15, -0.1) is 0 Å². The van der Waals surface area contributed by atoms with Crippen molar-refractivity contribution < 1.29 is 14.4 Å². The summed E-state index contributed by atoms with van der Waals surface area (Å²) in [6, 6.07) is 15.8. The molecule has 2 aromatic carbocycles. The molecule has 0 unspecified atom stereocenters. The summed E-state index contributed by atoms with van der Waals surface area (Å²) in [6.07, 6.45) is 0. The number of carbonyl (C=O) groups excluding carboxylic acids is 1. The minimum absolute atomic E-state index is 0.0602. The number of nitrogens with one attached hydrogen (secondary N) is 2. The van der Waals surface area contributed by atoms with E-state index in [1.165, 1.54) is 10.5 Å². The molecule has 0 aliphatic carbocycles. The molecule has 0 saturated carbocycles. The minimum Gasteiger partial charge on any atom is -0.380 e. The molecule has 1 amide bonds. The first-order chi connectivity index (χ1) is 11.1. The molecule has 0 aliphatic rings. The predicted molar refractivity (Wildman–Crippen MR) is 91.3 cm³/mol. The van der Waals surface area contributed by atoms with E-state index in [0.717, 1.165) is 17.7 Å². The summed E-state index contributed by atoms with van der Waals surface area (Å²) in [4.78, 5) is 13.7. The molecule has 0 atom stereocenters. The number of carbonyl (C=O) groups is 1. The molecule has 122 valence electrons. The Balaban J connectivity index is 2.03. The van der Waals surface area contributed by atoms with Crippen molar-refractivity contribution in [1.82, 2.24) is 5.32 Å². The number of hydrogen-bond donors (Lipinski definition) is 2. The van der Waals surface area contributed by atoms with Gasteiger partial charge in [-0.1, -0.05) is 36.4 Å². The van der Waals surface area contributed by atoms with E-state index in [0.29, 0.717) is 18.7 Å². The Labute approximate surface area is 138 Å². The molecule has 0 spiro atoms. The second-order valence-electron chi connectivity index (χ2n) is 5.97. The van der Waals surface area contributed by atoms with E-state index in [9.17, 15) is 4.79 Å². The van der Waals surface area contributed by atoms with Gasteiger partial charge < -0.3 is 15.0 Å². The van der Waals surface area contributed by atoms with Crippen LogP contribution in [0.3, 0.4) is 0 Å². The molecule has 4 heteroatoms. The van der Waals surface area contributed by atoms with Crippen molar-refractivity contribution in [2.24, 2.45) is 0 Å². The summed E-state index contributed by atoms with van der Waals surface area (Å²) in [5, 5.41) is 3.01. The van der Waals surface area contributed by atoms with Crippen LogP contribution in [0.4, 0.5) is 0 Å². The lowest BCUT2D eigenvalue weighted by Crippen LogP contribution is -3.04. The topological polar surface area (TPSA) is 42.8 Å². The Kier molecular flexibility index (Phi) is 6.32. The highest BCUT2D eigenvalue weighted by molar-refractivity contribution is 5.94. The van der Waals surface area contributed by atoms with Gasteiger partial charge in [0.15, 0.2) is 0 Å². The number of hydrogen-bond acceptors (Lipinski definition) is 2. The Morgan fingerprint density at radius 3 is 2.52 bits per heavy atom. The highest BCUT2D eigenvalue weighted by Crippen LogP contribution is 2.09. The summed E-state index contributed by atoms with van der Waals surface area (Å²) in [5.41, 5.74) is 4.09. The normalized spacial score (nSPS) is 10.8. The SMILES string of the molecule is COCc1cccc(C(=O)NCc2ccccc2C[NH+](C)C)c1. The molecule has 23 heavy (non-hydrogen) atoms. The van der Waals surface area contributed by atoms with E-state index in [4.69, 9.17) is 4.74 Å². The zero-order valence-corrected chi connectivity index (χ0v) is 14.1. The lowest BCUT2D eigenvalue weighted by Gasteiger charge is -2.13. The van der Waals surface area contributed by atoms with Gasteiger partial charge in [-0.05, 0) is 23.3 Å². The van der Waals surface area contributed by atoms with Crippen molar-refractivity contribution in [3.8, 4) is 0 Å². The summed E-state index contributed by atoms with van der Waals surface area (Å²) in [7, 11) is 5.89. The van der Waals surface area contributed by atoms with Crippen molar-refractivity contribution in [2.75, 3.05) is 21.2 Å². The van der Waals surface area contributed by atoms with Gasteiger partial charge in [-0.25, -0.2) is 0 Å². The quantitative estimate of drug-likeness (QED) is 0.812. The van der Waals surface area contributed by atoms with Gasteiger partial charge in [0.05, 0.1) is 20.7 Å². The summed E-state index contributed by atoms with van der Waals surface area (Å²) < 4.78 is 5.11. The first-order valence-electron chi connectivity index (χ1n) is 7.82. The second-order valence-corrected chi connectivity index (χ2v) is 5.97. The van der Waals surface area contributed by atoms with Crippen LogP contribution in [0.25, 0.3) is 0 Å². The third-order valence-corrected chi connectivity index (χ3v) is 3.60. The zero-order chi connectivity index (χ0) is 16.7. The van der Waals surface area contributed by atoms with Crippen molar-refractivity contribution in [2.45, 2.75) is 19.7 Å². The molecule has 2 N–H and O–H groups in total. The number of ether oxygens (including phenoxy) is 1. The van der Waals surface area contributed by atoms with Crippen LogP contribution in [0.5, 0.6) is 0 Å². The van der Waals surface area contributed by atoms with Gasteiger partial charge >= 0.3 is 0 Å². The Bertz CT molecular complexity index is 653. The minimum atomic E-state index is -0.0602. The molecular weight excluding hydrogens is 288 g/mol. The largest absolute Gasteiger partial charge is 0.380 e. The number of benzene rings is 2. The molecular formula is C19H25N2O2+. The molecule has 0 radical (unpaired) electrons. The van der Waals surface area contributed by atoms with Crippen LogP contribution in [0, 0.1) is 0 Å². The molecule has 0 fully saturated rings. The molecule has 0 saturated heterocycles. The van der Waals surface area contributed by atoms with E-state index in [1.807, 2.05) is 36.4 Å². The molecule has 0 heterocycles. The van der Waals surface area contributed by atoms with Gasteiger partial charge in [0.2, 0.25) is 0 Å². The summed E-state index contributed by atoms with van der Waals surface area (Å²) >= 11 is 0. The fraction of sp³-hybridized carbons (Fsp3) is 0.316. The summed E-state index contributed by atoms with van der Waals surface area (Å²) in [6.45, 7) is 1.99. The van der Waals surface area contributed by atoms with Crippen LogP contribution in [-0.4, -0.2) is 27.1 Å². The fourth-order valence-corrected chi connectivity index (χ4v) is 2.53. The van der Waals surface area contributed by atoms with Crippen LogP contribution in [0.1, 0.15) is 27.0 Å². The smallest absolute Gasteiger partial charge is 0.251 e. The third kappa shape index (κ3) is 5.20. The number of methoxy groups -OCH3 is 1. The van der Waals surface area contributed by atoms with Gasteiger partial charge in [0, 0.05) is 24.8 Å². The molecule has 0 aromatic heterocycles. The fourth-order valence-electron chi connectivity index (χ4n) is 2.53. The highest BCUT2D eigenvalue weighted by Gasteiger charge is 2.09. The standard InChI is InChI=1S/C19H24N2O2/c1-21(2)13-18-9-5-4-8-17(18)12-20-19(22)16-10-6-7-15(11-16)14-23-3/h4-11H,12-14H2,1-3H3,(H,20,22)/p+1. The van der Waals surface area contributed by atoms with Crippen LogP contribution < -0.4 is 10.2 Å². The summed E-state index contributed by atoms with van der Waals surface area (Å²) in [5.74, 6) is -0.0602.